The van der Waals surface area contributed by atoms with E-state index < -0.39 is 34.3 Å². The van der Waals surface area contributed by atoms with E-state index in [1.165, 1.54) is 25.1 Å². The van der Waals surface area contributed by atoms with E-state index in [0.29, 0.717) is 23.5 Å². The van der Waals surface area contributed by atoms with Crippen molar-refractivity contribution in [2.75, 3.05) is 5.01 Å². The highest BCUT2D eigenvalue weighted by Gasteiger charge is 2.38. The number of nitro groups is 1. The highest BCUT2D eigenvalue weighted by Crippen LogP contribution is 2.37. The summed E-state index contributed by atoms with van der Waals surface area (Å²) in [6, 6.07) is 6.90. The van der Waals surface area contributed by atoms with Crippen molar-refractivity contribution in [1.82, 2.24) is 5.01 Å². The Morgan fingerprint density at radius 2 is 1.97 bits per heavy atom. The second-order valence-electron chi connectivity index (χ2n) is 6.19. The van der Waals surface area contributed by atoms with E-state index in [1.807, 2.05) is 0 Å². The van der Waals surface area contributed by atoms with Crippen LogP contribution in [-0.2, 0) is 17.5 Å². The average molecular weight is 411 g/mol. The molecule has 1 aliphatic heterocycles. The van der Waals surface area contributed by atoms with Gasteiger partial charge in [0.05, 0.1) is 17.0 Å². The SMILES string of the molecule is Cc1cc(CN2N=NN(c3cccc(C(F)(F)F)c3F)C2C=O)ccc1[N+](=O)[O-]. The highest BCUT2D eigenvalue weighted by molar-refractivity contribution is 5.66. The van der Waals surface area contributed by atoms with Crippen LogP contribution in [-0.4, -0.2) is 22.4 Å². The first-order valence-corrected chi connectivity index (χ1v) is 8.16. The van der Waals surface area contributed by atoms with Gasteiger partial charge >= 0.3 is 6.18 Å². The molecule has 12 heteroatoms. The van der Waals surface area contributed by atoms with Gasteiger partial charge in [-0.2, -0.15) is 13.2 Å². The fourth-order valence-electron chi connectivity index (χ4n) is 2.89. The van der Waals surface area contributed by atoms with E-state index in [4.69, 9.17) is 0 Å². The summed E-state index contributed by atoms with van der Waals surface area (Å²) in [6.07, 6.45) is -5.84. The van der Waals surface area contributed by atoms with Gasteiger partial charge in [-0.25, -0.2) is 14.4 Å². The van der Waals surface area contributed by atoms with Crippen LogP contribution in [0.25, 0.3) is 0 Å². The number of anilines is 1. The molecular weight excluding hydrogens is 398 g/mol. The lowest BCUT2D eigenvalue weighted by atomic mass is 10.1. The predicted molar refractivity (Wildman–Crippen MR) is 92.0 cm³/mol. The minimum Gasteiger partial charge on any atom is -0.299 e. The number of halogens is 4. The van der Waals surface area contributed by atoms with Crippen molar-refractivity contribution in [1.29, 1.82) is 0 Å². The van der Waals surface area contributed by atoms with Crippen LogP contribution in [0.1, 0.15) is 16.7 Å². The Balaban J connectivity index is 1.87. The van der Waals surface area contributed by atoms with Crippen molar-refractivity contribution in [2.24, 2.45) is 10.4 Å². The molecule has 1 unspecified atom stereocenters. The highest BCUT2D eigenvalue weighted by atomic mass is 19.4. The van der Waals surface area contributed by atoms with E-state index in [-0.39, 0.29) is 12.2 Å². The molecule has 1 aliphatic rings. The number of hydrogen-bond donors (Lipinski definition) is 0. The lowest BCUT2D eigenvalue weighted by Gasteiger charge is -2.24. The fraction of sp³-hybridized carbons (Fsp3) is 0.235. The number of hydrogen-bond acceptors (Lipinski definition) is 7. The Labute approximate surface area is 161 Å². The lowest BCUT2D eigenvalue weighted by Crippen LogP contribution is -2.40. The van der Waals surface area contributed by atoms with Crippen LogP contribution in [0.4, 0.5) is 28.9 Å². The van der Waals surface area contributed by atoms with Crippen molar-refractivity contribution in [3.63, 3.8) is 0 Å². The molecule has 0 aliphatic carbocycles. The normalized spacial score (nSPS) is 16.4. The van der Waals surface area contributed by atoms with Crippen LogP contribution >= 0.6 is 0 Å². The summed E-state index contributed by atoms with van der Waals surface area (Å²) in [7, 11) is 0. The molecular formula is C17H13F4N5O3. The molecule has 2 aromatic rings. The molecule has 0 spiro atoms. The van der Waals surface area contributed by atoms with E-state index in [0.717, 1.165) is 22.2 Å². The van der Waals surface area contributed by atoms with Gasteiger partial charge in [-0.1, -0.05) is 17.4 Å². The first-order valence-electron chi connectivity index (χ1n) is 8.16. The molecule has 8 nitrogen and oxygen atoms in total. The van der Waals surface area contributed by atoms with E-state index in [1.54, 1.807) is 0 Å². The third-order valence-electron chi connectivity index (χ3n) is 4.26. The molecule has 152 valence electrons. The molecule has 0 saturated heterocycles. The van der Waals surface area contributed by atoms with Crippen molar-refractivity contribution < 1.29 is 27.3 Å². The van der Waals surface area contributed by atoms with Gasteiger partial charge in [0, 0.05) is 11.6 Å². The molecule has 0 N–H and O–H groups in total. The lowest BCUT2D eigenvalue weighted by molar-refractivity contribution is -0.385. The minimum absolute atomic E-state index is 0.0250. The standard InChI is InChI=1S/C17H13F4N5O3/c1-10-7-11(5-6-13(10)26(28)29)8-24-15(9-27)25(23-22-24)14-4-2-3-12(16(14)18)17(19,20)21/h2-7,9,15H,8H2,1H3. The number of carbonyl (C=O) groups excluding carboxylic acids is 1. The van der Waals surface area contributed by atoms with Gasteiger partial charge < -0.3 is 0 Å². The number of carbonyl (C=O) groups is 1. The number of nitro benzene ring substituents is 1. The molecule has 29 heavy (non-hydrogen) atoms. The van der Waals surface area contributed by atoms with Gasteiger partial charge in [0.25, 0.3) is 5.69 Å². The van der Waals surface area contributed by atoms with Crippen molar-refractivity contribution in [3.05, 3.63) is 69.0 Å². The molecule has 0 bridgehead atoms. The van der Waals surface area contributed by atoms with Gasteiger partial charge in [-0.3, -0.25) is 14.9 Å². The van der Waals surface area contributed by atoms with Crippen LogP contribution < -0.4 is 5.01 Å². The largest absolute Gasteiger partial charge is 0.419 e. The molecule has 0 amide bonds. The van der Waals surface area contributed by atoms with Gasteiger partial charge in [0.2, 0.25) is 0 Å². The number of alkyl halides is 3. The monoisotopic (exact) mass is 411 g/mol. The summed E-state index contributed by atoms with van der Waals surface area (Å²) < 4.78 is 53.2. The van der Waals surface area contributed by atoms with Crippen LogP contribution in [0.3, 0.4) is 0 Å². The molecule has 0 aromatic heterocycles. The minimum atomic E-state index is -4.91. The van der Waals surface area contributed by atoms with Crippen molar-refractivity contribution >= 4 is 17.7 Å². The summed E-state index contributed by atoms with van der Waals surface area (Å²) in [5.74, 6) is -1.57. The molecule has 1 atom stereocenters. The number of aldehydes is 1. The van der Waals surface area contributed by atoms with Gasteiger partial charge in [0.1, 0.15) is 5.69 Å². The Hall–Kier alpha value is -3.57. The van der Waals surface area contributed by atoms with Crippen LogP contribution in [0.2, 0.25) is 0 Å². The number of benzene rings is 2. The molecule has 0 radical (unpaired) electrons. The van der Waals surface area contributed by atoms with E-state index in [2.05, 4.69) is 10.4 Å². The second kappa shape index (κ2) is 7.45. The van der Waals surface area contributed by atoms with E-state index in [9.17, 15) is 32.5 Å². The van der Waals surface area contributed by atoms with Crippen molar-refractivity contribution in [2.45, 2.75) is 25.8 Å². The Morgan fingerprint density at radius 1 is 1.24 bits per heavy atom. The first-order chi connectivity index (χ1) is 13.6. The fourth-order valence-corrected chi connectivity index (χ4v) is 2.89. The van der Waals surface area contributed by atoms with Gasteiger partial charge in [-0.05, 0) is 35.9 Å². The summed E-state index contributed by atoms with van der Waals surface area (Å²) >= 11 is 0. The molecule has 0 saturated carbocycles. The molecule has 3 rings (SSSR count). The van der Waals surface area contributed by atoms with Crippen LogP contribution in [0.5, 0.6) is 0 Å². The maximum absolute atomic E-state index is 14.4. The van der Waals surface area contributed by atoms with Gasteiger partial charge in [0.15, 0.2) is 18.3 Å². The van der Waals surface area contributed by atoms with Gasteiger partial charge in [-0.15, -0.1) is 0 Å². The van der Waals surface area contributed by atoms with Crippen LogP contribution in [0, 0.1) is 22.9 Å². The maximum atomic E-state index is 14.4. The average Bonchev–Trinajstić information content (AvgIpc) is 3.03. The summed E-state index contributed by atoms with van der Waals surface area (Å²) in [4.78, 5) is 21.9. The first kappa shape index (κ1) is 20.2. The molecule has 1 heterocycles. The Bertz CT molecular complexity index is 996. The van der Waals surface area contributed by atoms with Crippen LogP contribution in [0.15, 0.2) is 46.8 Å². The summed E-state index contributed by atoms with van der Waals surface area (Å²) in [5.41, 5.74) is -1.20. The van der Waals surface area contributed by atoms with E-state index >= 15 is 0 Å². The zero-order valence-corrected chi connectivity index (χ0v) is 14.8. The zero-order valence-electron chi connectivity index (χ0n) is 14.8. The second-order valence-corrected chi connectivity index (χ2v) is 6.19. The molecule has 0 fully saturated rings. The number of rotatable bonds is 5. The Kier molecular flexibility index (Phi) is 5.18. The quantitative estimate of drug-likeness (QED) is 0.318. The zero-order chi connectivity index (χ0) is 21.3. The third kappa shape index (κ3) is 3.86. The smallest absolute Gasteiger partial charge is 0.299 e. The van der Waals surface area contributed by atoms with Crippen molar-refractivity contribution in [3.8, 4) is 0 Å². The maximum Gasteiger partial charge on any atom is 0.419 e. The molecule has 2 aromatic carbocycles. The number of aryl methyl sites for hydroxylation is 1. The predicted octanol–water partition coefficient (Wildman–Crippen LogP) is 4.19. The topological polar surface area (TPSA) is 91.4 Å². The number of nitrogens with zero attached hydrogens (tertiary/aromatic N) is 5. The third-order valence-corrected chi connectivity index (χ3v) is 4.26. The Morgan fingerprint density at radius 3 is 2.55 bits per heavy atom. The summed E-state index contributed by atoms with van der Waals surface area (Å²) in [6.45, 7) is 1.51. The summed E-state index contributed by atoms with van der Waals surface area (Å²) in [5, 5.41) is 20.1.